The standard InChI is InChI=1S/C21H31N3O6S/c1-4-30-21(26)23-12-10-22(11-13-23)20(25)17-6-5-9-24(15-17)31(27,28)19-14-16(2)7-8-18(19)29-3/h7-8,14,17H,4-6,9-13,15H2,1-3H3/t17-/m1/s1. The second-order valence-corrected chi connectivity index (χ2v) is 9.77. The number of carbonyl (C=O) groups is 2. The summed E-state index contributed by atoms with van der Waals surface area (Å²) in [5.74, 6) is -0.151. The smallest absolute Gasteiger partial charge is 0.409 e. The third-order valence-electron chi connectivity index (χ3n) is 5.79. The maximum Gasteiger partial charge on any atom is 0.409 e. The average molecular weight is 454 g/mol. The highest BCUT2D eigenvalue weighted by atomic mass is 32.2. The maximum absolute atomic E-state index is 13.3. The second kappa shape index (κ2) is 9.86. The van der Waals surface area contributed by atoms with Crippen molar-refractivity contribution in [3.63, 3.8) is 0 Å². The first-order valence-electron chi connectivity index (χ1n) is 10.6. The minimum Gasteiger partial charge on any atom is -0.495 e. The largest absolute Gasteiger partial charge is 0.495 e. The van der Waals surface area contributed by atoms with Gasteiger partial charge < -0.3 is 19.3 Å². The highest BCUT2D eigenvalue weighted by molar-refractivity contribution is 7.89. The summed E-state index contributed by atoms with van der Waals surface area (Å²) in [6, 6.07) is 5.06. The van der Waals surface area contributed by atoms with Crippen LogP contribution in [-0.2, 0) is 19.6 Å². The van der Waals surface area contributed by atoms with Crippen LogP contribution < -0.4 is 4.74 Å². The van der Waals surface area contributed by atoms with E-state index in [0.29, 0.717) is 57.9 Å². The number of carbonyl (C=O) groups excluding carboxylic acids is 2. The molecule has 0 radical (unpaired) electrons. The molecule has 0 saturated carbocycles. The highest BCUT2D eigenvalue weighted by Gasteiger charge is 2.37. The van der Waals surface area contributed by atoms with Crippen LogP contribution in [0.3, 0.4) is 0 Å². The van der Waals surface area contributed by atoms with Crippen LogP contribution in [0.15, 0.2) is 23.1 Å². The van der Waals surface area contributed by atoms with Gasteiger partial charge in [0.2, 0.25) is 15.9 Å². The summed E-state index contributed by atoms with van der Waals surface area (Å²) >= 11 is 0. The molecule has 10 heteroatoms. The van der Waals surface area contributed by atoms with Crippen LogP contribution in [0.5, 0.6) is 5.75 Å². The summed E-state index contributed by atoms with van der Waals surface area (Å²) < 4.78 is 38.3. The Labute approximate surface area is 183 Å². The van der Waals surface area contributed by atoms with E-state index in [1.54, 1.807) is 34.9 Å². The lowest BCUT2D eigenvalue weighted by Crippen LogP contribution is -2.54. The second-order valence-electron chi connectivity index (χ2n) is 7.87. The molecule has 2 aliphatic rings. The van der Waals surface area contributed by atoms with Gasteiger partial charge in [-0.2, -0.15) is 4.31 Å². The number of amides is 2. The van der Waals surface area contributed by atoms with E-state index in [4.69, 9.17) is 9.47 Å². The van der Waals surface area contributed by atoms with Crippen LogP contribution in [0.2, 0.25) is 0 Å². The maximum atomic E-state index is 13.3. The summed E-state index contributed by atoms with van der Waals surface area (Å²) in [4.78, 5) is 28.4. The third kappa shape index (κ3) is 5.12. The van der Waals surface area contributed by atoms with Crippen LogP contribution in [-0.4, -0.2) is 87.5 Å². The first-order chi connectivity index (χ1) is 14.8. The molecule has 0 aliphatic carbocycles. The van der Waals surface area contributed by atoms with E-state index in [1.807, 2.05) is 6.92 Å². The Hall–Kier alpha value is -2.33. The van der Waals surface area contributed by atoms with Crippen molar-refractivity contribution in [3.05, 3.63) is 23.8 Å². The number of rotatable bonds is 5. The zero-order chi connectivity index (χ0) is 22.6. The summed E-state index contributed by atoms with van der Waals surface area (Å²) in [7, 11) is -2.34. The van der Waals surface area contributed by atoms with Crippen molar-refractivity contribution in [3.8, 4) is 5.75 Å². The van der Waals surface area contributed by atoms with Gasteiger partial charge >= 0.3 is 6.09 Å². The van der Waals surface area contributed by atoms with Gasteiger partial charge in [0.15, 0.2) is 0 Å². The van der Waals surface area contributed by atoms with Crippen molar-refractivity contribution < 1.29 is 27.5 Å². The predicted molar refractivity (Wildman–Crippen MR) is 114 cm³/mol. The Bertz CT molecular complexity index is 912. The molecule has 0 unspecified atom stereocenters. The molecule has 31 heavy (non-hydrogen) atoms. The van der Waals surface area contributed by atoms with Crippen molar-refractivity contribution in [1.82, 2.24) is 14.1 Å². The molecular formula is C21H31N3O6S. The number of benzene rings is 1. The number of piperazine rings is 1. The van der Waals surface area contributed by atoms with Crippen LogP contribution in [0.4, 0.5) is 4.79 Å². The number of piperidine rings is 1. The molecule has 1 aromatic rings. The van der Waals surface area contributed by atoms with Gasteiger partial charge in [0.1, 0.15) is 10.6 Å². The van der Waals surface area contributed by atoms with E-state index in [9.17, 15) is 18.0 Å². The van der Waals surface area contributed by atoms with Gasteiger partial charge in [-0.05, 0) is 44.4 Å². The molecule has 0 N–H and O–H groups in total. The van der Waals surface area contributed by atoms with Crippen molar-refractivity contribution in [2.75, 3.05) is 53.0 Å². The minimum atomic E-state index is -3.78. The minimum absolute atomic E-state index is 0.0559. The molecule has 2 amide bonds. The number of ether oxygens (including phenoxy) is 2. The SMILES string of the molecule is CCOC(=O)N1CCN(C(=O)[C@@H]2CCCN(S(=O)(=O)c3cc(C)ccc3OC)C2)CC1. The molecule has 0 bridgehead atoms. The molecule has 2 heterocycles. The normalized spacial score (nSPS) is 20.4. The molecule has 9 nitrogen and oxygen atoms in total. The van der Waals surface area contributed by atoms with Gasteiger partial charge in [0.05, 0.1) is 19.6 Å². The van der Waals surface area contributed by atoms with Gasteiger partial charge in [-0.3, -0.25) is 4.79 Å². The Morgan fingerprint density at radius 3 is 2.42 bits per heavy atom. The molecule has 0 aromatic heterocycles. The lowest BCUT2D eigenvalue weighted by molar-refractivity contribution is -0.138. The summed E-state index contributed by atoms with van der Waals surface area (Å²) in [5, 5.41) is 0. The fraction of sp³-hybridized carbons (Fsp3) is 0.619. The first kappa shape index (κ1) is 23.3. The highest BCUT2D eigenvalue weighted by Crippen LogP contribution is 2.31. The molecule has 2 saturated heterocycles. The molecular weight excluding hydrogens is 422 g/mol. The number of hydrogen-bond donors (Lipinski definition) is 0. The van der Waals surface area contributed by atoms with Crippen LogP contribution in [0.25, 0.3) is 0 Å². The first-order valence-corrected chi connectivity index (χ1v) is 12.1. The van der Waals surface area contributed by atoms with E-state index < -0.39 is 15.9 Å². The predicted octanol–water partition coefficient (Wildman–Crippen LogP) is 1.71. The topological polar surface area (TPSA) is 96.5 Å². The number of methoxy groups -OCH3 is 1. The fourth-order valence-electron chi connectivity index (χ4n) is 4.07. The van der Waals surface area contributed by atoms with E-state index in [-0.39, 0.29) is 23.4 Å². The number of sulfonamides is 1. The molecule has 2 aliphatic heterocycles. The fourth-order valence-corrected chi connectivity index (χ4v) is 5.83. The monoisotopic (exact) mass is 453 g/mol. The van der Waals surface area contributed by atoms with Gasteiger partial charge in [0.25, 0.3) is 0 Å². The van der Waals surface area contributed by atoms with E-state index in [1.165, 1.54) is 11.4 Å². The lowest BCUT2D eigenvalue weighted by atomic mass is 9.98. The number of hydrogen-bond acceptors (Lipinski definition) is 6. The van der Waals surface area contributed by atoms with E-state index >= 15 is 0 Å². The van der Waals surface area contributed by atoms with Gasteiger partial charge in [-0.25, -0.2) is 13.2 Å². The van der Waals surface area contributed by atoms with Crippen molar-refractivity contribution in [2.45, 2.75) is 31.6 Å². The van der Waals surface area contributed by atoms with E-state index in [2.05, 4.69) is 0 Å². The van der Waals surface area contributed by atoms with Gasteiger partial charge in [-0.15, -0.1) is 0 Å². The van der Waals surface area contributed by atoms with E-state index in [0.717, 1.165) is 5.56 Å². The summed E-state index contributed by atoms with van der Waals surface area (Å²) in [5.41, 5.74) is 0.823. The molecule has 172 valence electrons. The number of aryl methyl sites for hydroxylation is 1. The molecule has 3 rings (SSSR count). The van der Waals surface area contributed by atoms with Crippen LogP contribution in [0.1, 0.15) is 25.3 Å². The van der Waals surface area contributed by atoms with Crippen LogP contribution in [0, 0.1) is 12.8 Å². The van der Waals surface area contributed by atoms with Crippen LogP contribution >= 0.6 is 0 Å². The Morgan fingerprint density at radius 1 is 1.10 bits per heavy atom. The molecule has 0 spiro atoms. The average Bonchev–Trinajstić information content (AvgIpc) is 2.79. The zero-order valence-corrected chi connectivity index (χ0v) is 19.2. The van der Waals surface area contributed by atoms with Gasteiger partial charge in [-0.1, -0.05) is 6.07 Å². The Kier molecular flexibility index (Phi) is 7.42. The summed E-state index contributed by atoms with van der Waals surface area (Å²) in [6.45, 7) is 6.11. The molecule has 2 fully saturated rings. The van der Waals surface area contributed by atoms with Crippen molar-refractivity contribution in [1.29, 1.82) is 0 Å². The van der Waals surface area contributed by atoms with Gasteiger partial charge in [0, 0.05) is 39.3 Å². The van der Waals surface area contributed by atoms with Crippen molar-refractivity contribution in [2.24, 2.45) is 5.92 Å². The quantitative estimate of drug-likeness (QED) is 0.673. The molecule has 1 aromatic carbocycles. The summed E-state index contributed by atoms with van der Waals surface area (Å²) in [6.07, 6.45) is 0.900. The Morgan fingerprint density at radius 2 is 1.77 bits per heavy atom. The number of nitrogens with zero attached hydrogens (tertiary/aromatic N) is 3. The Balaban J connectivity index is 1.67. The molecule has 1 atom stereocenters. The lowest BCUT2D eigenvalue weighted by Gasteiger charge is -2.38. The van der Waals surface area contributed by atoms with Crippen molar-refractivity contribution >= 4 is 22.0 Å². The zero-order valence-electron chi connectivity index (χ0n) is 18.4. The third-order valence-corrected chi connectivity index (χ3v) is 7.67.